The van der Waals surface area contributed by atoms with Crippen molar-refractivity contribution in [2.24, 2.45) is 5.92 Å². The molecule has 1 fully saturated rings. The molecule has 1 aliphatic rings. The van der Waals surface area contributed by atoms with Crippen molar-refractivity contribution in [3.8, 4) is 0 Å². The fraction of sp³-hybridized carbons (Fsp3) is 1.00. The molecule has 0 saturated heterocycles. The summed E-state index contributed by atoms with van der Waals surface area (Å²) in [4.78, 5) is 0.609. The molecule has 1 saturated carbocycles. The van der Waals surface area contributed by atoms with Gasteiger partial charge in [0, 0.05) is 4.83 Å². The van der Waals surface area contributed by atoms with Gasteiger partial charge in [-0.05, 0) is 39.0 Å². The zero-order valence-corrected chi connectivity index (χ0v) is 12.0. The first kappa shape index (κ1) is 13.5. The third-order valence-electron chi connectivity index (χ3n) is 3.25. The van der Waals surface area contributed by atoms with Gasteiger partial charge >= 0.3 is 0 Å². The van der Waals surface area contributed by atoms with Crippen LogP contribution in [0, 0.1) is 5.92 Å². The molecule has 90 valence electrons. The number of sulfone groups is 1. The van der Waals surface area contributed by atoms with E-state index in [2.05, 4.69) is 15.9 Å². The Morgan fingerprint density at radius 2 is 2.00 bits per heavy atom. The summed E-state index contributed by atoms with van der Waals surface area (Å²) >= 11 is 3.63. The molecule has 1 rings (SSSR count). The molecule has 0 amide bonds. The molecule has 0 N–H and O–H groups in total. The highest BCUT2D eigenvalue weighted by Crippen LogP contribution is 2.31. The van der Waals surface area contributed by atoms with E-state index in [0.717, 1.165) is 12.8 Å². The van der Waals surface area contributed by atoms with Gasteiger partial charge in [0.25, 0.3) is 0 Å². The van der Waals surface area contributed by atoms with Crippen LogP contribution in [0.5, 0.6) is 0 Å². The molecule has 0 aromatic heterocycles. The highest BCUT2D eigenvalue weighted by molar-refractivity contribution is 9.09. The minimum Gasteiger partial charge on any atom is -0.229 e. The van der Waals surface area contributed by atoms with Gasteiger partial charge in [-0.2, -0.15) is 0 Å². The highest BCUT2D eigenvalue weighted by atomic mass is 79.9. The lowest BCUT2D eigenvalue weighted by atomic mass is 9.87. The number of hydrogen-bond donors (Lipinski definition) is 0. The van der Waals surface area contributed by atoms with Crippen LogP contribution in [0.15, 0.2) is 0 Å². The van der Waals surface area contributed by atoms with E-state index in [-0.39, 0.29) is 5.25 Å². The van der Waals surface area contributed by atoms with E-state index in [1.807, 2.05) is 0 Å². The maximum atomic E-state index is 11.6. The molecule has 0 heterocycles. The molecule has 15 heavy (non-hydrogen) atoms. The van der Waals surface area contributed by atoms with E-state index in [1.54, 1.807) is 13.8 Å². The Morgan fingerprint density at radius 1 is 1.33 bits per heavy atom. The predicted octanol–water partition coefficient (Wildman–Crippen LogP) is 3.15. The first-order valence-corrected chi connectivity index (χ1v) is 8.40. The Balaban J connectivity index is 2.37. The van der Waals surface area contributed by atoms with E-state index in [0.29, 0.717) is 16.5 Å². The lowest BCUT2D eigenvalue weighted by Crippen LogP contribution is -2.22. The average molecular weight is 297 g/mol. The molecule has 2 atom stereocenters. The largest absolute Gasteiger partial charge is 0.229 e. The van der Waals surface area contributed by atoms with E-state index >= 15 is 0 Å². The Hall–Kier alpha value is 0.430. The van der Waals surface area contributed by atoms with Crippen LogP contribution in [0.1, 0.15) is 46.0 Å². The zero-order valence-electron chi connectivity index (χ0n) is 9.58. The van der Waals surface area contributed by atoms with Crippen LogP contribution in [0.25, 0.3) is 0 Å². The van der Waals surface area contributed by atoms with Crippen LogP contribution in [-0.4, -0.2) is 24.2 Å². The molecule has 0 bridgehead atoms. The molecular weight excluding hydrogens is 276 g/mol. The third-order valence-corrected chi connectivity index (χ3v) is 6.32. The Bertz CT molecular complexity index is 285. The molecule has 0 aromatic carbocycles. The fourth-order valence-electron chi connectivity index (χ4n) is 2.05. The van der Waals surface area contributed by atoms with Crippen molar-refractivity contribution in [1.29, 1.82) is 0 Å². The highest BCUT2D eigenvalue weighted by Gasteiger charge is 2.23. The molecule has 2 unspecified atom stereocenters. The van der Waals surface area contributed by atoms with Gasteiger partial charge in [-0.25, -0.2) is 8.42 Å². The smallest absolute Gasteiger partial charge is 0.152 e. The summed E-state index contributed by atoms with van der Waals surface area (Å²) in [5.41, 5.74) is 0. The number of halogens is 1. The molecule has 0 aliphatic heterocycles. The maximum absolute atomic E-state index is 11.6. The summed E-state index contributed by atoms with van der Waals surface area (Å²) in [6.07, 6.45) is 5.68. The summed E-state index contributed by atoms with van der Waals surface area (Å²) < 4.78 is 23.3. The Morgan fingerprint density at radius 3 is 2.53 bits per heavy atom. The Kier molecular flexibility index (Phi) is 5.10. The van der Waals surface area contributed by atoms with Crippen molar-refractivity contribution in [2.75, 3.05) is 5.75 Å². The fourth-order valence-corrected chi connectivity index (χ4v) is 4.04. The molecule has 2 nitrogen and oxygen atoms in total. The monoisotopic (exact) mass is 296 g/mol. The van der Waals surface area contributed by atoms with Gasteiger partial charge in [0.2, 0.25) is 0 Å². The lowest BCUT2D eigenvalue weighted by Gasteiger charge is -2.25. The van der Waals surface area contributed by atoms with E-state index < -0.39 is 9.84 Å². The van der Waals surface area contributed by atoms with Crippen molar-refractivity contribution >= 4 is 25.8 Å². The molecule has 1 aliphatic carbocycles. The normalized spacial score (nSPS) is 28.3. The van der Waals surface area contributed by atoms with E-state index in [4.69, 9.17) is 0 Å². The van der Waals surface area contributed by atoms with Crippen LogP contribution < -0.4 is 0 Å². The minimum atomic E-state index is -2.83. The van der Waals surface area contributed by atoms with Crippen LogP contribution in [0.4, 0.5) is 0 Å². The first-order valence-electron chi connectivity index (χ1n) is 5.77. The topological polar surface area (TPSA) is 34.1 Å². The third kappa shape index (κ3) is 4.43. The number of alkyl halides is 1. The van der Waals surface area contributed by atoms with E-state index in [9.17, 15) is 8.42 Å². The van der Waals surface area contributed by atoms with Crippen LogP contribution in [-0.2, 0) is 9.84 Å². The predicted molar refractivity (Wildman–Crippen MR) is 68.2 cm³/mol. The van der Waals surface area contributed by atoms with Gasteiger partial charge in [-0.3, -0.25) is 0 Å². The lowest BCUT2D eigenvalue weighted by molar-refractivity contribution is 0.360. The summed E-state index contributed by atoms with van der Waals surface area (Å²) in [6, 6.07) is 0. The summed E-state index contributed by atoms with van der Waals surface area (Å²) in [5.74, 6) is 0.978. The molecule has 0 spiro atoms. The molecule has 0 aromatic rings. The van der Waals surface area contributed by atoms with Crippen molar-refractivity contribution < 1.29 is 8.42 Å². The zero-order chi connectivity index (χ0) is 11.5. The minimum absolute atomic E-state index is 0.221. The van der Waals surface area contributed by atoms with Crippen molar-refractivity contribution in [3.63, 3.8) is 0 Å². The number of hydrogen-bond acceptors (Lipinski definition) is 2. The maximum Gasteiger partial charge on any atom is 0.152 e. The Labute approximate surface area is 102 Å². The summed E-state index contributed by atoms with van der Waals surface area (Å²) in [7, 11) is -2.83. The second-order valence-electron chi connectivity index (χ2n) is 4.83. The van der Waals surface area contributed by atoms with Gasteiger partial charge in [0.1, 0.15) is 0 Å². The average Bonchev–Trinajstić information content (AvgIpc) is 2.15. The van der Waals surface area contributed by atoms with Gasteiger partial charge in [-0.15, -0.1) is 0 Å². The summed E-state index contributed by atoms with van der Waals surface area (Å²) in [6.45, 7) is 3.53. The standard InChI is InChI=1S/C11H21BrO2S/c1-9(2)15(13,14)7-6-10-4-3-5-11(12)8-10/h9-11H,3-8H2,1-2H3. The molecular formula is C11H21BrO2S. The van der Waals surface area contributed by atoms with Crippen LogP contribution in [0.2, 0.25) is 0 Å². The second-order valence-corrected chi connectivity index (χ2v) is 8.81. The molecule has 0 radical (unpaired) electrons. The first-order chi connectivity index (χ1) is 6.92. The van der Waals surface area contributed by atoms with Gasteiger partial charge < -0.3 is 0 Å². The van der Waals surface area contributed by atoms with Gasteiger partial charge in [0.15, 0.2) is 9.84 Å². The van der Waals surface area contributed by atoms with Gasteiger partial charge in [-0.1, -0.05) is 28.8 Å². The van der Waals surface area contributed by atoms with Gasteiger partial charge in [0.05, 0.1) is 11.0 Å². The van der Waals surface area contributed by atoms with Crippen molar-refractivity contribution in [2.45, 2.75) is 56.0 Å². The van der Waals surface area contributed by atoms with Crippen LogP contribution >= 0.6 is 15.9 Å². The van der Waals surface area contributed by atoms with Crippen molar-refractivity contribution in [1.82, 2.24) is 0 Å². The molecule has 4 heteroatoms. The SMILES string of the molecule is CC(C)S(=O)(=O)CCC1CCCC(Br)C1. The second kappa shape index (κ2) is 5.67. The quantitative estimate of drug-likeness (QED) is 0.747. The van der Waals surface area contributed by atoms with E-state index in [1.165, 1.54) is 19.3 Å². The van der Waals surface area contributed by atoms with Crippen molar-refractivity contribution in [3.05, 3.63) is 0 Å². The van der Waals surface area contributed by atoms with Crippen LogP contribution in [0.3, 0.4) is 0 Å². The number of rotatable bonds is 4. The summed E-state index contributed by atoms with van der Waals surface area (Å²) in [5, 5.41) is -0.221.